The quantitative estimate of drug-likeness (QED) is 0.308. The Kier molecular flexibility index (Phi) is 6.87. The van der Waals surface area contributed by atoms with Crippen LogP contribution in [-0.2, 0) is 13.6 Å². The highest BCUT2D eigenvalue weighted by molar-refractivity contribution is 5.94. The molecule has 3 N–H and O–H groups in total. The average Bonchev–Trinajstić information content (AvgIpc) is 3.46. The first-order chi connectivity index (χ1) is 16.8. The molecule has 0 radical (unpaired) electrons. The number of carboxylic acid groups (broad SMARTS) is 1. The topological polar surface area (TPSA) is 148 Å². The van der Waals surface area contributed by atoms with E-state index in [4.69, 9.17) is 4.74 Å². The van der Waals surface area contributed by atoms with Gasteiger partial charge in [0.05, 0.1) is 36.8 Å². The standard InChI is InChI=1S/C22H26N10O3/c1-30(2)8-9-32-12-14(10-25-32)26-22-23-11-16(21(33)34)20(28-22)27-17-7-5-6-15(18(17)35-4)19-24-13-31(3)29-19/h5-7,10-13H,8-9H2,1-4H3,(H,33,34)(H2,23,26,27,28). The molecule has 3 aromatic heterocycles. The predicted molar refractivity (Wildman–Crippen MR) is 129 cm³/mol. The molecule has 13 nitrogen and oxygen atoms in total. The van der Waals surface area contributed by atoms with Crippen LogP contribution in [-0.4, -0.2) is 78.2 Å². The molecule has 0 spiro atoms. The molecule has 0 aliphatic heterocycles. The molecule has 0 aliphatic rings. The number of nitrogens with zero attached hydrogens (tertiary/aromatic N) is 8. The van der Waals surface area contributed by atoms with E-state index in [-0.39, 0.29) is 17.3 Å². The fourth-order valence-electron chi connectivity index (χ4n) is 3.30. The Labute approximate surface area is 201 Å². The summed E-state index contributed by atoms with van der Waals surface area (Å²) in [6, 6.07) is 5.36. The van der Waals surface area contributed by atoms with Crippen molar-refractivity contribution >= 4 is 29.1 Å². The van der Waals surface area contributed by atoms with Crippen molar-refractivity contribution in [2.24, 2.45) is 7.05 Å². The molecule has 4 aromatic rings. The van der Waals surface area contributed by atoms with E-state index in [0.717, 1.165) is 13.1 Å². The Balaban J connectivity index is 1.62. The first-order valence-electron chi connectivity index (χ1n) is 10.7. The third kappa shape index (κ3) is 5.52. The van der Waals surface area contributed by atoms with Crippen LogP contribution in [0.1, 0.15) is 10.4 Å². The van der Waals surface area contributed by atoms with E-state index in [9.17, 15) is 9.90 Å². The molecule has 13 heteroatoms. The normalized spacial score (nSPS) is 11.0. The number of hydrogen-bond acceptors (Lipinski definition) is 10. The second-order valence-corrected chi connectivity index (χ2v) is 7.93. The van der Waals surface area contributed by atoms with Crippen LogP contribution in [0.3, 0.4) is 0 Å². The summed E-state index contributed by atoms with van der Waals surface area (Å²) < 4.78 is 8.99. The minimum absolute atomic E-state index is 0.0966. The molecule has 0 aliphatic carbocycles. The van der Waals surface area contributed by atoms with Gasteiger partial charge >= 0.3 is 5.97 Å². The monoisotopic (exact) mass is 478 g/mol. The molecule has 0 saturated carbocycles. The first-order valence-corrected chi connectivity index (χ1v) is 10.7. The van der Waals surface area contributed by atoms with Gasteiger partial charge in [0.15, 0.2) is 17.4 Å². The minimum atomic E-state index is -1.17. The Hall–Kier alpha value is -4.52. The maximum Gasteiger partial charge on any atom is 0.341 e. The highest BCUT2D eigenvalue weighted by atomic mass is 16.5. The van der Waals surface area contributed by atoms with Gasteiger partial charge in [-0.1, -0.05) is 6.07 Å². The Morgan fingerprint density at radius 3 is 2.71 bits per heavy atom. The summed E-state index contributed by atoms with van der Waals surface area (Å²) >= 11 is 0. The number of anilines is 4. The SMILES string of the molecule is COc1c(Nc2nc(Nc3cnn(CCN(C)C)c3)ncc2C(=O)O)cccc1-c1ncn(C)n1. The fraction of sp³-hybridized carbons (Fsp3) is 0.273. The van der Waals surface area contributed by atoms with Crippen molar-refractivity contribution in [3.63, 3.8) is 0 Å². The van der Waals surface area contributed by atoms with Gasteiger partial charge in [-0.05, 0) is 26.2 Å². The van der Waals surface area contributed by atoms with Crippen molar-refractivity contribution in [3.8, 4) is 17.1 Å². The van der Waals surface area contributed by atoms with Crippen LogP contribution in [0.2, 0.25) is 0 Å². The molecule has 0 unspecified atom stereocenters. The van der Waals surface area contributed by atoms with E-state index >= 15 is 0 Å². The molecule has 0 bridgehead atoms. The summed E-state index contributed by atoms with van der Waals surface area (Å²) in [6.07, 6.45) is 6.32. The number of carbonyl (C=O) groups is 1. The van der Waals surface area contributed by atoms with Crippen LogP contribution in [0.5, 0.6) is 5.75 Å². The number of para-hydroxylation sites is 1. The Morgan fingerprint density at radius 2 is 2.03 bits per heavy atom. The number of likely N-dealkylation sites (N-methyl/N-ethyl adjacent to an activating group) is 1. The summed E-state index contributed by atoms with van der Waals surface area (Å²) in [4.78, 5) is 26.7. The molecule has 0 saturated heterocycles. The highest BCUT2D eigenvalue weighted by Gasteiger charge is 2.19. The van der Waals surface area contributed by atoms with E-state index in [1.807, 2.05) is 26.4 Å². The largest absolute Gasteiger partial charge is 0.494 e. The van der Waals surface area contributed by atoms with Crippen LogP contribution >= 0.6 is 0 Å². The summed E-state index contributed by atoms with van der Waals surface area (Å²) in [7, 11) is 7.27. The number of nitrogens with one attached hydrogen (secondary N) is 2. The van der Waals surface area contributed by atoms with Gasteiger partial charge in [0.1, 0.15) is 11.9 Å². The molecule has 4 rings (SSSR count). The average molecular weight is 479 g/mol. The summed E-state index contributed by atoms with van der Waals surface area (Å²) in [5.74, 6) is 0.0655. The molecule has 0 fully saturated rings. The minimum Gasteiger partial charge on any atom is -0.494 e. The number of rotatable bonds is 10. The number of aromatic carboxylic acids is 1. The smallest absolute Gasteiger partial charge is 0.341 e. The second kappa shape index (κ2) is 10.2. The third-order valence-electron chi connectivity index (χ3n) is 5.00. The number of aromatic nitrogens is 7. The van der Waals surface area contributed by atoms with Crippen molar-refractivity contribution in [2.75, 3.05) is 38.4 Å². The molecule has 1 aromatic carbocycles. The van der Waals surface area contributed by atoms with Gasteiger partial charge in [-0.3, -0.25) is 9.36 Å². The van der Waals surface area contributed by atoms with Crippen LogP contribution in [0.4, 0.5) is 23.1 Å². The van der Waals surface area contributed by atoms with Crippen molar-refractivity contribution in [1.82, 2.24) is 39.4 Å². The molecule has 182 valence electrons. The Morgan fingerprint density at radius 1 is 1.20 bits per heavy atom. The lowest BCUT2D eigenvalue weighted by molar-refractivity contribution is 0.0697. The highest BCUT2D eigenvalue weighted by Crippen LogP contribution is 2.36. The van der Waals surface area contributed by atoms with E-state index in [1.54, 1.807) is 41.1 Å². The van der Waals surface area contributed by atoms with Gasteiger partial charge in [-0.2, -0.15) is 15.2 Å². The van der Waals surface area contributed by atoms with Gasteiger partial charge < -0.3 is 25.4 Å². The van der Waals surface area contributed by atoms with Crippen LogP contribution in [0, 0.1) is 0 Å². The van der Waals surface area contributed by atoms with E-state index < -0.39 is 5.97 Å². The molecule has 0 atom stereocenters. The molecule has 35 heavy (non-hydrogen) atoms. The second-order valence-electron chi connectivity index (χ2n) is 7.93. The van der Waals surface area contributed by atoms with Crippen molar-refractivity contribution < 1.29 is 14.6 Å². The number of aryl methyl sites for hydroxylation is 1. The van der Waals surface area contributed by atoms with E-state index in [2.05, 4.69) is 40.7 Å². The van der Waals surface area contributed by atoms with Crippen LogP contribution in [0.25, 0.3) is 11.4 Å². The molecular formula is C22H26N10O3. The van der Waals surface area contributed by atoms with Crippen LogP contribution < -0.4 is 15.4 Å². The van der Waals surface area contributed by atoms with Gasteiger partial charge in [0.25, 0.3) is 0 Å². The first kappa shape index (κ1) is 23.6. The lowest BCUT2D eigenvalue weighted by atomic mass is 10.1. The fourth-order valence-corrected chi connectivity index (χ4v) is 3.30. The number of carboxylic acids is 1. The third-order valence-corrected chi connectivity index (χ3v) is 5.00. The summed E-state index contributed by atoms with van der Waals surface area (Å²) in [5.41, 5.74) is 1.73. The predicted octanol–water partition coefficient (Wildman–Crippen LogP) is 2.22. The zero-order chi connectivity index (χ0) is 24.9. The number of hydrogen-bond donors (Lipinski definition) is 3. The van der Waals surface area contributed by atoms with Crippen LogP contribution in [0.15, 0.2) is 43.1 Å². The maximum absolute atomic E-state index is 11.8. The van der Waals surface area contributed by atoms with Gasteiger partial charge in [-0.25, -0.2) is 14.8 Å². The Bertz CT molecular complexity index is 1330. The van der Waals surface area contributed by atoms with Crippen molar-refractivity contribution in [3.05, 3.63) is 48.7 Å². The van der Waals surface area contributed by atoms with E-state index in [1.165, 1.54) is 13.3 Å². The number of benzene rings is 1. The molecule has 3 heterocycles. The maximum atomic E-state index is 11.8. The van der Waals surface area contributed by atoms with Gasteiger partial charge in [0, 0.05) is 26.0 Å². The van der Waals surface area contributed by atoms with Gasteiger partial charge in [-0.15, -0.1) is 0 Å². The lowest BCUT2D eigenvalue weighted by Gasteiger charge is -2.15. The number of methoxy groups -OCH3 is 1. The zero-order valence-corrected chi connectivity index (χ0v) is 19.8. The van der Waals surface area contributed by atoms with Crippen molar-refractivity contribution in [2.45, 2.75) is 6.54 Å². The molecular weight excluding hydrogens is 452 g/mol. The van der Waals surface area contributed by atoms with Gasteiger partial charge in [0.2, 0.25) is 5.95 Å². The molecule has 0 amide bonds. The van der Waals surface area contributed by atoms with E-state index in [0.29, 0.717) is 28.5 Å². The summed E-state index contributed by atoms with van der Waals surface area (Å²) in [5, 5.41) is 24.5. The van der Waals surface area contributed by atoms with Crippen molar-refractivity contribution in [1.29, 1.82) is 0 Å². The summed E-state index contributed by atoms with van der Waals surface area (Å²) in [6.45, 7) is 1.56. The zero-order valence-electron chi connectivity index (χ0n) is 19.8. The lowest BCUT2D eigenvalue weighted by Crippen LogP contribution is -2.18. The number of ether oxygens (including phenoxy) is 1.